The van der Waals surface area contributed by atoms with Crippen molar-refractivity contribution in [2.75, 3.05) is 12.8 Å². The van der Waals surface area contributed by atoms with E-state index in [2.05, 4.69) is 11.1 Å². The molecule has 2 aromatic rings. The van der Waals surface area contributed by atoms with Crippen LogP contribution in [-0.4, -0.2) is 22.8 Å². The molecular weight excluding hydrogens is 254 g/mol. The highest BCUT2D eigenvalue weighted by atomic mass is 32.1. The number of aromatic nitrogens is 1. The zero-order chi connectivity index (χ0) is 12.4. The van der Waals surface area contributed by atoms with Gasteiger partial charge >= 0.3 is 0 Å². The summed E-state index contributed by atoms with van der Waals surface area (Å²) in [6.07, 6.45) is 0. The lowest BCUT2D eigenvalue weighted by atomic mass is 10.3. The van der Waals surface area contributed by atoms with Crippen LogP contribution in [0, 0.1) is 6.92 Å². The number of thiazole rings is 1. The Labute approximate surface area is 108 Å². The number of nitrogens with two attached hydrogens (primary N) is 1. The van der Waals surface area contributed by atoms with E-state index >= 15 is 0 Å². The Morgan fingerprint density at radius 1 is 1.53 bits per heavy atom. The van der Waals surface area contributed by atoms with Crippen LogP contribution in [0.2, 0.25) is 0 Å². The van der Waals surface area contributed by atoms with Crippen LogP contribution in [0.3, 0.4) is 0 Å². The topological polar surface area (TPSA) is 59.2 Å². The zero-order valence-corrected chi connectivity index (χ0v) is 11.3. The van der Waals surface area contributed by atoms with E-state index in [9.17, 15) is 4.79 Å². The van der Waals surface area contributed by atoms with Gasteiger partial charge in [-0.1, -0.05) is 0 Å². The number of thiophene rings is 1. The Morgan fingerprint density at radius 3 is 2.82 bits per heavy atom. The van der Waals surface area contributed by atoms with Gasteiger partial charge in [-0.15, -0.1) is 22.7 Å². The minimum absolute atomic E-state index is 0.0919. The quantitative estimate of drug-likeness (QED) is 0.928. The molecule has 0 bridgehead atoms. The van der Waals surface area contributed by atoms with Crippen molar-refractivity contribution in [3.63, 3.8) is 0 Å². The molecule has 17 heavy (non-hydrogen) atoms. The molecule has 0 aliphatic carbocycles. The number of anilines is 1. The van der Waals surface area contributed by atoms with E-state index in [4.69, 9.17) is 5.73 Å². The molecule has 0 radical (unpaired) electrons. The van der Waals surface area contributed by atoms with Crippen LogP contribution < -0.4 is 5.73 Å². The number of hydrogen-bond acceptors (Lipinski definition) is 5. The first-order valence-electron chi connectivity index (χ1n) is 5.07. The summed E-state index contributed by atoms with van der Waals surface area (Å²) in [7, 11) is 1.77. The van der Waals surface area contributed by atoms with Gasteiger partial charge in [-0.3, -0.25) is 4.79 Å². The third-order valence-electron chi connectivity index (χ3n) is 2.44. The standard InChI is InChI=1S/C11H13N3OS2/c1-7-3-4-16-9(7)5-14(2)10(15)8-6-17-11(12)13-8/h3-4,6H,5H2,1-2H3,(H2,12,13). The minimum atomic E-state index is -0.0919. The van der Waals surface area contributed by atoms with Crippen molar-refractivity contribution in [3.8, 4) is 0 Å². The average molecular weight is 267 g/mol. The molecule has 0 atom stereocenters. The summed E-state index contributed by atoms with van der Waals surface area (Å²) in [6, 6.07) is 2.05. The van der Waals surface area contributed by atoms with Crippen LogP contribution in [0.25, 0.3) is 0 Å². The fraction of sp³-hybridized carbons (Fsp3) is 0.273. The number of aryl methyl sites for hydroxylation is 1. The maximum atomic E-state index is 12.0. The van der Waals surface area contributed by atoms with Gasteiger partial charge in [-0.05, 0) is 23.9 Å². The van der Waals surface area contributed by atoms with E-state index < -0.39 is 0 Å². The second-order valence-corrected chi connectivity index (χ2v) is 5.65. The van der Waals surface area contributed by atoms with Gasteiger partial charge in [0.15, 0.2) is 5.13 Å². The first kappa shape index (κ1) is 12.1. The van der Waals surface area contributed by atoms with Crippen molar-refractivity contribution in [1.29, 1.82) is 0 Å². The van der Waals surface area contributed by atoms with E-state index in [0.29, 0.717) is 17.4 Å². The van der Waals surface area contributed by atoms with Crippen molar-refractivity contribution in [1.82, 2.24) is 9.88 Å². The van der Waals surface area contributed by atoms with Gasteiger partial charge < -0.3 is 10.6 Å². The Balaban J connectivity index is 2.08. The van der Waals surface area contributed by atoms with Gasteiger partial charge in [0.1, 0.15) is 5.69 Å². The SMILES string of the molecule is Cc1ccsc1CN(C)C(=O)c1csc(N)n1. The summed E-state index contributed by atoms with van der Waals surface area (Å²) in [5.41, 5.74) is 7.15. The lowest BCUT2D eigenvalue weighted by Crippen LogP contribution is -2.26. The monoisotopic (exact) mass is 267 g/mol. The highest BCUT2D eigenvalue weighted by molar-refractivity contribution is 7.13. The van der Waals surface area contributed by atoms with Crippen molar-refractivity contribution >= 4 is 33.7 Å². The number of carbonyl (C=O) groups excluding carboxylic acids is 1. The Hall–Kier alpha value is -1.40. The molecule has 0 aliphatic heterocycles. The zero-order valence-electron chi connectivity index (χ0n) is 9.64. The highest BCUT2D eigenvalue weighted by Gasteiger charge is 2.16. The van der Waals surface area contributed by atoms with Gasteiger partial charge in [0, 0.05) is 17.3 Å². The van der Waals surface area contributed by atoms with Crippen molar-refractivity contribution in [2.24, 2.45) is 0 Å². The second-order valence-electron chi connectivity index (χ2n) is 3.76. The molecule has 0 aliphatic rings. The van der Waals surface area contributed by atoms with Crippen LogP contribution in [-0.2, 0) is 6.54 Å². The van der Waals surface area contributed by atoms with Gasteiger partial charge in [-0.25, -0.2) is 4.98 Å². The molecule has 0 fully saturated rings. The third kappa shape index (κ3) is 2.65. The van der Waals surface area contributed by atoms with E-state index in [0.717, 1.165) is 0 Å². The number of hydrogen-bond donors (Lipinski definition) is 1. The summed E-state index contributed by atoms with van der Waals surface area (Å²) in [6.45, 7) is 2.66. The number of amides is 1. The molecule has 0 saturated carbocycles. The van der Waals surface area contributed by atoms with Gasteiger partial charge in [0.25, 0.3) is 5.91 Å². The second kappa shape index (κ2) is 4.85. The molecule has 6 heteroatoms. The molecule has 0 unspecified atom stereocenters. The first-order valence-corrected chi connectivity index (χ1v) is 6.83. The molecule has 90 valence electrons. The summed E-state index contributed by atoms with van der Waals surface area (Å²) < 4.78 is 0. The van der Waals surface area contributed by atoms with E-state index in [1.807, 2.05) is 12.3 Å². The number of rotatable bonds is 3. The maximum absolute atomic E-state index is 12.0. The van der Waals surface area contributed by atoms with E-state index in [1.54, 1.807) is 28.7 Å². The van der Waals surface area contributed by atoms with Crippen LogP contribution >= 0.6 is 22.7 Å². The number of nitrogens with zero attached hydrogens (tertiary/aromatic N) is 2. The van der Waals surface area contributed by atoms with E-state index in [-0.39, 0.29) is 5.91 Å². The van der Waals surface area contributed by atoms with Gasteiger partial charge in [0.05, 0.1) is 6.54 Å². The predicted molar refractivity (Wildman–Crippen MR) is 71.4 cm³/mol. The molecule has 4 nitrogen and oxygen atoms in total. The predicted octanol–water partition coefficient (Wildman–Crippen LogP) is 2.37. The van der Waals surface area contributed by atoms with Crippen LogP contribution in [0.15, 0.2) is 16.8 Å². The summed E-state index contributed by atoms with van der Waals surface area (Å²) in [4.78, 5) is 18.9. The molecule has 2 N–H and O–H groups in total. The molecule has 0 spiro atoms. The lowest BCUT2D eigenvalue weighted by molar-refractivity contribution is 0.0781. The largest absolute Gasteiger partial charge is 0.375 e. The van der Waals surface area contributed by atoms with E-state index in [1.165, 1.54) is 21.8 Å². The molecular formula is C11H13N3OS2. The number of nitrogen functional groups attached to an aromatic ring is 1. The molecule has 1 amide bonds. The normalized spacial score (nSPS) is 10.5. The molecule has 2 rings (SSSR count). The van der Waals surface area contributed by atoms with Crippen molar-refractivity contribution in [2.45, 2.75) is 13.5 Å². The number of carbonyl (C=O) groups is 1. The molecule has 2 aromatic heterocycles. The maximum Gasteiger partial charge on any atom is 0.273 e. The Morgan fingerprint density at radius 2 is 2.29 bits per heavy atom. The molecule has 2 heterocycles. The molecule has 0 saturated heterocycles. The summed E-state index contributed by atoms with van der Waals surface area (Å²) >= 11 is 2.94. The first-order chi connectivity index (χ1) is 8.08. The van der Waals surface area contributed by atoms with Gasteiger partial charge in [0.2, 0.25) is 0 Å². The highest BCUT2D eigenvalue weighted by Crippen LogP contribution is 2.19. The fourth-order valence-electron chi connectivity index (χ4n) is 1.43. The fourth-order valence-corrected chi connectivity index (χ4v) is 2.93. The lowest BCUT2D eigenvalue weighted by Gasteiger charge is -2.15. The third-order valence-corrected chi connectivity index (χ3v) is 4.12. The van der Waals surface area contributed by atoms with Crippen LogP contribution in [0.1, 0.15) is 20.9 Å². The average Bonchev–Trinajstić information content (AvgIpc) is 2.88. The smallest absolute Gasteiger partial charge is 0.273 e. The summed E-state index contributed by atoms with van der Waals surface area (Å²) in [5.74, 6) is -0.0919. The Kier molecular flexibility index (Phi) is 3.44. The Bertz CT molecular complexity index is 532. The van der Waals surface area contributed by atoms with Gasteiger partial charge in [-0.2, -0.15) is 0 Å². The minimum Gasteiger partial charge on any atom is -0.375 e. The van der Waals surface area contributed by atoms with Crippen molar-refractivity contribution < 1.29 is 4.79 Å². The van der Waals surface area contributed by atoms with Crippen molar-refractivity contribution in [3.05, 3.63) is 33.0 Å². The van der Waals surface area contributed by atoms with Crippen LogP contribution in [0.5, 0.6) is 0 Å². The summed E-state index contributed by atoms with van der Waals surface area (Å²) in [5, 5.41) is 4.15. The molecule has 0 aromatic carbocycles. The van der Waals surface area contributed by atoms with Crippen LogP contribution in [0.4, 0.5) is 5.13 Å².